The first-order chi connectivity index (χ1) is 7.44. The molecule has 16 heavy (non-hydrogen) atoms. The number of rotatable bonds is 4. The molecule has 0 radical (unpaired) electrons. The van der Waals surface area contributed by atoms with Gasteiger partial charge < -0.3 is 11.1 Å². The Balaban J connectivity index is 2.72. The Morgan fingerprint density at radius 3 is 2.69 bits per heavy atom. The standard InChI is InChI=1S/C12H21N3S/c1-12(2,3)16-8-10(14-4)9-6-5-7-15-11(9)13/h5-7,10,14H,8H2,1-4H3,(H2,13,15). The number of hydrogen-bond acceptors (Lipinski definition) is 4. The fraction of sp³-hybridized carbons (Fsp3) is 0.583. The van der Waals surface area contributed by atoms with E-state index in [9.17, 15) is 0 Å². The third-order valence-corrected chi connectivity index (χ3v) is 3.64. The Labute approximate surface area is 102 Å². The van der Waals surface area contributed by atoms with Crippen LogP contribution in [0.1, 0.15) is 32.4 Å². The van der Waals surface area contributed by atoms with Crippen molar-refractivity contribution in [3.8, 4) is 0 Å². The zero-order chi connectivity index (χ0) is 12.2. The minimum atomic E-state index is 0.262. The number of nitrogens with zero attached hydrogens (tertiary/aromatic N) is 1. The van der Waals surface area contributed by atoms with Gasteiger partial charge in [-0.2, -0.15) is 11.8 Å². The number of nitrogens with one attached hydrogen (secondary N) is 1. The molecule has 90 valence electrons. The van der Waals surface area contributed by atoms with Crippen molar-refractivity contribution in [2.45, 2.75) is 31.6 Å². The number of pyridine rings is 1. The number of nitrogen functional groups attached to an aromatic ring is 1. The van der Waals surface area contributed by atoms with Crippen LogP contribution in [0.3, 0.4) is 0 Å². The first kappa shape index (κ1) is 13.3. The van der Waals surface area contributed by atoms with E-state index in [1.165, 1.54) is 0 Å². The molecular formula is C12H21N3S. The zero-order valence-electron chi connectivity index (χ0n) is 10.4. The van der Waals surface area contributed by atoms with Crippen molar-refractivity contribution < 1.29 is 0 Å². The molecule has 0 saturated carbocycles. The second-order valence-corrected chi connectivity index (χ2v) is 6.59. The van der Waals surface area contributed by atoms with E-state index in [1.54, 1.807) is 6.20 Å². The average molecular weight is 239 g/mol. The number of anilines is 1. The largest absolute Gasteiger partial charge is 0.383 e. The summed E-state index contributed by atoms with van der Waals surface area (Å²) in [5.41, 5.74) is 6.96. The molecular weight excluding hydrogens is 218 g/mol. The molecule has 0 aliphatic rings. The summed E-state index contributed by atoms with van der Waals surface area (Å²) < 4.78 is 0.270. The van der Waals surface area contributed by atoms with Crippen molar-refractivity contribution in [1.82, 2.24) is 10.3 Å². The normalized spacial score (nSPS) is 13.8. The summed E-state index contributed by atoms with van der Waals surface area (Å²) in [4.78, 5) is 4.12. The van der Waals surface area contributed by atoms with E-state index < -0.39 is 0 Å². The average Bonchev–Trinajstić information content (AvgIpc) is 2.20. The van der Waals surface area contributed by atoms with E-state index in [0.717, 1.165) is 11.3 Å². The molecule has 4 heteroatoms. The molecule has 1 rings (SSSR count). The first-order valence-corrected chi connectivity index (χ1v) is 6.44. The Kier molecular flexibility index (Phi) is 4.62. The second kappa shape index (κ2) is 5.55. The highest BCUT2D eigenvalue weighted by Crippen LogP contribution is 2.29. The lowest BCUT2D eigenvalue weighted by Crippen LogP contribution is -2.23. The summed E-state index contributed by atoms with van der Waals surface area (Å²) in [5, 5.41) is 3.29. The van der Waals surface area contributed by atoms with Crippen LogP contribution < -0.4 is 11.1 Å². The van der Waals surface area contributed by atoms with Crippen LogP contribution in [0.5, 0.6) is 0 Å². The van der Waals surface area contributed by atoms with Crippen molar-refractivity contribution >= 4 is 17.6 Å². The molecule has 3 nitrogen and oxygen atoms in total. The van der Waals surface area contributed by atoms with Crippen LogP contribution in [0.2, 0.25) is 0 Å². The van der Waals surface area contributed by atoms with E-state index in [2.05, 4.69) is 31.1 Å². The molecule has 0 bridgehead atoms. The highest BCUT2D eigenvalue weighted by molar-refractivity contribution is 8.00. The number of thioether (sulfide) groups is 1. The van der Waals surface area contributed by atoms with Gasteiger partial charge in [0.05, 0.1) is 0 Å². The van der Waals surface area contributed by atoms with Gasteiger partial charge in [-0.05, 0) is 13.1 Å². The summed E-state index contributed by atoms with van der Waals surface area (Å²) in [6, 6.07) is 4.22. The predicted octanol–water partition coefficient (Wildman–Crippen LogP) is 2.46. The van der Waals surface area contributed by atoms with Crippen LogP contribution in [0, 0.1) is 0 Å². The Morgan fingerprint density at radius 2 is 2.19 bits per heavy atom. The molecule has 1 heterocycles. The monoisotopic (exact) mass is 239 g/mol. The van der Waals surface area contributed by atoms with Gasteiger partial charge in [0.15, 0.2) is 0 Å². The Bertz CT molecular complexity index is 333. The Morgan fingerprint density at radius 1 is 1.50 bits per heavy atom. The molecule has 0 saturated heterocycles. The van der Waals surface area contributed by atoms with Crippen LogP contribution in [-0.4, -0.2) is 22.5 Å². The van der Waals surface area contributed by atoms with Gasteiger partial charge in [0.25, 0.3) is 0 Å². The molecule has 3 N–H and O–H groups in total. The number of aromatic nitrogens is 1. The molecule has 0 aliphatic heterocycles. The zero-order valence-corrected chi connectivity index (χ0v) is 11.3. The van der Waals surface area contributed by atoms with Crippen LogP contribution in [0.15, 0.2) is 18.3 Å². The maximum atomic E-state index is 5.88. The summed E-state index contributed by atoms with van der Waals surface area (Å²) in [6.07, 6.45) is 1.72. The van der Waals surface area contributed by atoms with Crippen LogP contribution in [0.25, 0.3) is 0 Å². The minimum absolute atomic E-state index is 0.262. The second-order valence-electron chi connectivity index (χ2n) is 4.74. The third-order valence-electron chi connectivity index (χ3n) is 2.28. The Hall–Kier alpha value is -0.740. The molecule has 0 spiro atoms. The van der Waals surface area contributed by atoms with Gasteiger partial charge in [-0.15, -0.1) is 0 Å². The van der Waals surface area contributed by atoms with Crippen LogP contribution >= 0.6 is 11.8 Å². The van der Waals surface area contributed by atoms with Crippen molar-refractivity contribution in [3.63, 3.8) is 0 Å². The molecule has 1 unspecified atom stereocenters. The van der Waals surface area contributed by atoms with E-state index >= 15 is 0 Å². The topological polar surface area (TPSA) is 50.9 Å². The lowest BCUT2D eigenvalue weighted by molar-refractivity contribution is 0.656. The maximum absolute atomic E-state index is 5.88. The van der Waals surface area contributed by atoms with Gasteiger partial charge in [-0.3, -0.25) is 0 Å². The van der Waals surface area contributed by atoms with E-state index in [0.29, 0.717) is 5.82 Å². The fourth-order valence-electron chi connectivity index (χ4n) is 1.39. The first-order valence-electron chi connectivity index (χ1n) is 5.45. The molecule has 0 fully saturated rings. The lowest BCUT2D eigenvalue weighted by Gasteiger charge is -2.23. The van der Waals surface area contributed by atoms with Gasteiger partial charge in [0.1, 0.15) is 5.82 Å². The molecule has 0 amide bonds. The molecule has 1 aromatic heterocycles. The minimum Gasteiger partial charge on any atom is -0.383 e. The lowest BCUT2D eigenvalue weighted by atomic mass is 10.1. The van der Waals surface area contributed by atoms with E-state index in [-0.39, 0.29) is 10.8 Å². The van der Waals surface area contributed by atoms with E-state index in [1.807, 2.05) is 30.9 Å². The van der Waals surface area contributed by atoms with Crippen molar-refractivity contribution in [2.24, 2.45) is 0 Å². The molecule has 1 atom stereocenters. The summed E-state index contributed by atoms with van der Waals surface area (Å²) in [7, 11) is 1.96. The predicted molar refractivity (Wildman–Crippen MR) is 72.7 cm³/mol. The summed E-state index contributed by atoms with van der Waals surface area (Å²) in [6.45, 7) is 6.66. The third kappa shape index (κ3) is 4.02. The fourth-order valence-corrected chi connectivity index (χ4v) is 2.40. The van der Waals surface area contributed by atoms with Gasteiger partial charge in [-0.25, -0.2) is 4.98 Å². The molecule has 0 aliphatic carbocycles. The quantitative estimate of drug-likeness (QED) is 0.847. The highest BCUT2D eigenvalue weighted by Gasteiger charge is 2.17. The van der Waals surface area contributed by atoms with Crippen molar-refractivity contribution in [3.05, 3.63) is 23.9 Å². The number of nitrogens with two attached hydrogens (primary N) is 1. The summed E-state index contributed by atoms with van der Waals surface area (Å²) in [5.74, 6) is 1.62. The van der Waals surface area contributed by atoms with Crippen LogP contribution in [0.4, 0.5) is 5.82 Å². The van der Waals surface area contributed by atoms with Gasteiger partial charge in [0.2, 0.25) is 0 Å². The van der Waals surface area contributed by atoms with E-state index in [4.69, 9.17) is 5.73 Å². The van der Waals surface area contributed by atoms with Crippen molar-refractivity contribution in [1.29, 1.82) is 0 Å². The highest BCUT2D eigenvalue weighted by atomic mass is 32.2. The summed E-state index contributed by atoms with van der Waals surface area (Å²) >= 11 is 1.92. The maximum Gasteiger partial charge on any atom is 0.128 e. The van der Waals surface area contributed by atoms with Crippen molar-refractivity contribution in [2.75, 3.05) is 18.5 Å². The molecule has 1 aromatic rings. The SMILES string of the molecule is CNC(CSC(C)(C)C)c1cccnc1N. The van der Waals surface area contributed by atoms with Gasteiger partial charge in [-0.1, -0.05) is 26.8 Å². The van der Waals surface area contributed by atoms with Gasteiger partial charge in [0, 0.05) is 28.3 Å². The molecule has 0 aromatic carbocycles. The smallest absolute Gasteiger partial charge is 0.128 e. The van der Waals surface area contributed by atoms with Gasteiger partial charge >= 0.3 is 0 Å². The van der Waals surface area contributed by atoms with Crippen LogP contribution in [-0.2, 0) is 0 Å². The number of hydrogen-bond donors (Lipinski definition) is 2.